The number of sulfonamides is 1. The molecular weight excluding hydrogens is 344 g/mol. The molecule has 0 atom stereocenters. The van der Waals surface area contributed by atoms with Crippen LogP contribution in [0, 0.1) is 0 Å². The second-order valence-corrected chi connectivity index (χ2v) is 8.56. The third-order valence-corrected chi connectivity index (χ3v) is 5.33. The molecule has 140 valence electrons. The Hall–Kier alpha value is -1.95. The maximum atomic E-state index is 12.2. The van der Waals surface area contributed by atoms with Crippen molar-refractivity contribution in [3.8, 4) is 0 Å². The van der Waals surface area contributed by atoms with Crippen LogP contribution in [0.5, 0.6) is 0 Å². The zero-order valence-electron chi connectivity index (χ0n) is 15.7. The van der Waals surface area contributed by atoms with Crippen molar-refractivity contribution in [2.24, 2.45) is 0 Å². The average Bonchev–Trinajstić information content (AvgIpc) is 2.56. The van der Waals surface area contributed by atoms with E-state index in [1.54, 1.807) is 0 Å². The Balaban J connectivity index is 1.97. The molecule has 0 heterocycles. The van der Waals surface area contributed by atoms with Crippen molar-refractivity contribution in [3.05, 3.63) is 76.9 Å². The molecule has 2 aromatic rings. The summed E-state index contributed by atoms with van der Waals surface area (Å²) >= 11 is 0. The fourth-order valence-electron chi connectivity index (χ4n) is 2.76. The predicted molar refractivity (Wildman–Crippen MR) is 109 cm³/mol. The van der Waals surface area contributed by atoms with Crippen molar-refractivity contribution < 1.29 is 8.42 Å². The second kappa shape index (κ2) is 9.67. The molecule has 26 heavy (non-hydrogen) atoms. The minimum absolute atomic E-state index is 0.00186. The second-order valence-electron chi connectivity index (χ2n) is 6.81. The van der Waals surface area contributed by atoms with Crippen LogP contribution < -0.4 is 10.0 Å². The molecule has 0 unspecified atom stereocenters. The first-order valence-corrected chi connectivity index (χ1v) is 10.5. The van der Waals surface area contributed by atoms with Gasteiger partial charge in [-0.15, -0.1) is 0 Å². The molecule has 2 rings (SSSR count). The third-order valence-electron chi connectivity index (χ3n) is 3.81. The van der Waals surface area contributed by atoms with Crippen LogP contribution in [0.2, 0.25) is 0 Å². The molecule has 0 amide bonds. The van der Waals surface area contributed by atoms with Gasteiger partial charge in [-0.2, -0.15) is 0 Å². The molecule has 5 heteroatoms. The highest BCUT2D eigenvalue weighted by Gasteiger charge is 2.15. The minimum atomic E-state index is -3.33. The first-order chi connectivity index (χ1) is 12.4. The van der Waals surface area contributed by atoms with Gasteiger partial charge in [-0.3, -0.25) is 0 Å². The predicted octanol–water partition coefficient (Wildman–Crippen LogP) is 3.71. The molecule has 0 spiro atoms. The third kappa shape index (κ3) is 7.12. The molecule has 0 saturated carbocycles. The van der Waals surface area contributed by atoms with E-state index in [1.807, 2.05) is 56.3 Å². The van der Waals surface area contributed by atoms with Crippen molar-refractivity contribution in [1.82, 2.24) is 10.0 Å². The van der Waals surface area contributed by atoms with E-state index < -0.39 is 10.0 Å². The van der Waals surface area contributed by atoms with Gasteiger partial charge in [0.1, 0.15) is 0 Å². The topological polar surface area (TPSA) is 58.2 Å². The standard InChI is InChI=1S/C21H28N2O2S/c1-17(2)23-26(24,25)16-21-12-8-7-11-20(21)15-22-14-18(3)13-19-9-5-4-6-10-19/h4-13,17,22-23H,14-16H2,1-3H3/b18-13+. The Morgan fingerprint density at radius 3 is 2.27 bits per heavy atom. The summed E-state index contributed by atoms with van der Waals surface area (Å²) in [7, 11) is -3.33. The summed E-state index contributed by atoms with van der Waals surface area (Å²) in [6.07, 6.45) is 2.15. The molecule has 0 radical (unpaired) electrons. The maximum absolute atomic E-state index is 12.2. The summed E-state index contributed by atoms with van der Waals surface area (Å²) in [6, 6.07) is 17.8. The van der Waals surface area contributed by atoms with E-state index in [0.717, 1.165) is 17.7 Å². The van der Waals surface area contributed by atoms with Crippen LogP contribution in [0.25, 0.3) is 6.08 Å². The van der Waals surface area contributed by atoms with E-state index in [4.69, 9.17) is 0 Å². The van der Waals surface area contributed by atoms with Crippen molar-refractivity contribution in [2.75, 3.05) is 6.54 Å². The lowest BCUT2D eigenvalue weighted by molar-refractivity contribution is 0.568. The summed E-state index contributed by atoms with van der Waals surface area (Å²) in [5.41, 5.74) is 4.24. The molecule has 2 aromatic carbocycles. The lowest BCUT2D eigenvalue weighted by Crippen LogP contribution is -2.31. The number of nitrogens with one attached hydrogen (secondary N) is 2. The molecular formula is C21H28N2O2S. The van der Waals surface area contributed by atoms with Gasteiger partial charge in [0.15, 0.2) is 0 Å². The Morgan fingerprint density at radius 2 is 1.62 bits per heavy atom. The van der Waals surface area contributed by atoms with Gasteiger partial charge in [-0.05, 0) is 37.5 Å². The zero-order chi connectivity index (χ0) is 19.0. The molecule has 0 aromatic heterocycles. The monoisotopic (exact) mass is 372 g/mol. The van der Waals surface area contributed by atoms with E-state index >= 15 is 0 Å². The first kappa shape index (κ1) is 20.4. The van der Waals surface area contributed by atoms with Crippen LogP contribution in [0.4, 0.5) is 0 Å². The van der Waals surface area contributed by atoms with Gasteiger partial charge in [0.2, 0.25) is 10.0 Å². The van der Waals surface area contributed by atoms with E-state index in [2.05, 4.69) is 35.2 Å². The summed E-state index contributed by atoms with van der Waals surface area (Å²) in [6.45, 7) is 7.12. The van der Waals surface area contributed by atoms with E-state index in [-0.39, 0.29) is 11.8 Å². The number of hydrogen-bond acceptors (Lipinski definition) is 3. The highest BCUT2D eigenvalue weighted by atomic mass is 32.2. The van der Waals surface area contributed by atoms with Crippen molar-refractivity contribution in [1.29, 1.82) is 0 Å². The van der Waals surface area contributed by atoms with Crippen molar-refractivity contribution >= 4 is 16.1 Å². The molecule has 0 aliphatic heterocycles. The summed E-state index contributed by atoms with van der Waals surface area (Å²) in [5, 5.41) is 3.41. The number of benzene rings is 2. The Kier molecular flexibility index (Phi) is 7.57. The Bertz CT molecular complexity index is 828. The molecule has 0 bridgehead atoms. The van der Waals surface area contributed by atoms with Crippen LogP contribution >= 0.6 is 0 Å². The van der Waals surface area contributed by atoms with Gasteiger partial charge in [-0.1, -0.05) is 66.2 Å². The molecule has 0 saturated heterocycles. The van der Waals surface area contributed by atoms with Crippen LogP contribution in [0.15, 0.2) is 60.2 Å². The molecule has 0 aliphatic carbocycles. The fraction of sp³-hybridized carbons (Fsp3) is 0.333. The van der Waals surface area contributed by atoms with Gasteiger partial charge in [0.05, 0.1) is 5.75 Å². The fourth-order valence-corrected chi connectivity index (χ4v) is 4.25. The van der Waals surface area contributed by atoms with Gasteiger partial charge in [0, 0.05) is 19.1 Å². The van der Waals surface area contributed by atoms with Crippen LogP contribution in [-0.4, -0.2) is 21.0 Å². The lowest BCUT2D eigenvalue weighted by atomic mass is 10.1. The summed E-state index contributed by atoms with van der Waals surface area (Å²) < 4.78 is 27.1. The Labute approximate surface area is 157 Å². The van der Waals surface area contributed by atoms with Crippen LogP contribution in [0.3, 0.4) is 0 Å². The smallest absolute Gasteiger partial charge is 0.216 e. The van der Waals surface area contributed by atoms with E-state index in [9.17, 15) is 8.42 Å². The van der Waals surface area contributed by atoms with Gasteiger partial charge in [0.25, 0.3) is 0 Å². The normalized spacial score (nSPS) is 12.5. The average molecular weight is 373 g/mol. The number of rotatable bonds is 9. The molecule has 0 fully saturated rings. The maximum Gasteiger partial charge on any atom is 0.216 e. The highest BCUT2D eigenvalue weighted by Crippen LogP contribution is 2.13. The number of hydrogen-bond donors (Lipinski definition) is 2. The first-order valence-electron chi connectivity index (χ1n) is 8.85. The van der Waals surface area contributed by atoms with Gasteiger partial charge in [-0.25, -0.2) is 13.1 Å². The van der Waals surface area contributed by atoms with Crippen molar-refractivity contribution in [3.63, 3.8) is 0 Å². The summed E-state index contributed by atoms with van der Waals surface area (Å²) in [4.78, 5) is 0. The lowest BCUT2D eigenvalue weighted by Gasteiger charge is -2.13. The van der Waals surface area contributed by atoms with Gasteiger partial charge < -0.3 is 5.32 Å². The van der Waals surface area contributed by atoms with E-state index in [0.29, 0.717) is 6.54 Å². The minimum Gasteiger partial charge on any atom is -0.309 e. The molecule has 0 aliphatic rings. The largest absolute Gasteiger partial charge is 0.309 e. The SMILES string of the molecule is C/C(=C\c1ccccc1)CNCc1ccccc1CS(=O)(=O)NC(C)C. The van der Waals surface area contributed by atoms with E-state index in [1.165, 1.54) is 11.1 Å². The van der Waals surface area contributed by atoms with Gasteiger partial charge >= 0.3 is 0 Å². The highest BCUT2D eigenvalue weighted by molar-refractivity contribution is 7.88. The van der Waals surface area contributed by atoms with Crippen LogP contribution in [-0.2, 0) is 22.3 Å². The van der Waals surface area contributed by atoms with Crippen LogP contribution in [0.1, 0.15) is 37.5 Å². The molecule has 4 nitrogen and oxygen atoms in total. The zero-order valence-corrected chi connectivity index (χ0v) is 16.5. The van der Waals surface area contributed by atoms with Crippen molar-refractivity contribution in [2.45, 2.75) is 39.1 Å². The Morgan fingerprint density at radius 1 is 1.00 bits per heavy atom. The quantitative estimate of drug-likeness (QED) is 0.705. The summed E-state index contributed by atoms with van der Waals surface area (Å²) in [5.74, 6) is 0.00186. The molecule has 2 N–H and O–H groups in total.